The van der Waals surface area contributed by atoms with Crippen LogP contribution in [0.2, 0.25) is 0 Å². The van der Waals surface area contributed by atoms with Crippen molar-refractivity contribution < 1.29 is 0 Å². The Morgan fingerprint density at radius 1 is 1.21 bits per heavy atom. The summed E-state index contributed by atoms with van der Waals surface area (Å²) >= 11 is 0. The van der Waals surface area contributed by atoms with Crippen LogP contribution in [0.4, 0.5) is 0 Å². The van der Waals surface area contributed by atoms with E-state index in [0.29, 0.717) is 0 Å². The zero-order valence-electron chi connectivity index (χ0n) is 9.81. The molecule has 1 N–H and O–H groups in total. The second-order valence-corrected chi connectivity index (χ2v) is 5.38. The third-order valence-corrected chi connectivity index (χ3v) is 4.52. The van der Waals surface area contributed by atoms with Gasteiger partial charge in [0.25, 0.3) is 0 Å². The van der Waals surface area contributed by atoms with Crippen LogP contribution >= 0.6 is 0 Å². The smallest absolute Gasteiger partial charge is 0.00620 e. The van der Waals surface area contributed by atoms with E-state index in [4.69, 9.17) is 0 Å². The minimum absolute atomic E-state index is 0.753. The Balaban J connectivity index is 1.77. The first-order valence-electron chi connectivity index (χ1n) is 6.54. The summed E-state index contributed by atoms with van der Waals surface area (Å²) in [5.41, 5.74) is 0.753. The molecule has 0 atom stereocenters. The predicted octanol–water partition coefficient (Wildman–Crippen LogP) is 3.34. The molecule has 0 heterocycles. The Hall–Kier alpha value is -0.0400. The molecule has 82 valence electrons. The van der Waals surface area contributed by atoms with Crippen molar-refractivity contribution >= 4 is 0 Å². The molecule has 0 aromatic carbocycles. The largest absolute Gasteiger partial charge is 0.313 e. The topological polar surface area (TPSA) is 12.0 Å². The lowest BCUT2D eigenvalue weighted by Crippen LogP contribution is -2.44. The van der Waals surface area contributed by atoms with Crippen LogP contribution in [0.5, 0.6) is 0 Å². The maximum atomic E-state index is 3.78. The summed E-state index contributed by atoms with van der Waals surface area (Å²) < 4.78 is 0. The van der Waals surface area contributed by atoms with Crippen molar-refractivity contribution in [2.24, 2.45) is 11.3 Å². The zero-order valence-corrected chi connectivity index (χ0v) is 9.81. The molecule has 0 bridgehead atoms. The van der Waals surface area contributed by atoms with Gasteiger partial charge in [-0.1, -0.05) is 20.3 Å². The van der Waals surface area contributed by atoms with Crippen LogP contribution in [0.1, 0.15) is 58.8 Å². The fraction of sp³-hybridized carbons (Fsp3) is 1.00. The minimum atomic E-state index is 0.753. The maximum Gasteiger partial charge on any atom is 0.00620 e. The Morgan fingerprint density at radius 2 is 1.86 bits per heavy atom. The Bertz CT molecular complexity index is 176. The SMILES string of the molecule is CCC(CC)NCC1(C2CC2)CCC1. The Labute approximate surface area is 88.7 Å². The third-order valence-electron chi connectivity index (χ3n) is 4.52. The maximum absolute atomic E-state index is 3.78. The van der Waals surface area contributed by atoms with Gasteiger partial charge in [-0.3, -0.25) is 0 Å². The van der Waals surface area contributed by atoms with Gasteiger partial charge in [-0.2, -0.15) is 0 Å². The van der Waals surface area contributed by atoms with Crippen molar-refractivity contribution in [3.63, 3.8) is 0 Å². The van der Waals surface area contributed by atoms with Crippen LogP contribution in [-0.2, 0) is 0 Å². The molecule has 2 aliphatic rings. The van der Waals surface area contributed by atoms with E-state index in [1.165, 1.54) is 51.5 Å². The van der Waals surface area contributed by atoms with Gasteiger partial charge in [0, 0.05) is 12.6 Å². The monoisotopic (exact) mass is 195 g/mol. The highest BCUT2D eigenvalue weighted by atomic mass is 14.9. The van der Waals surface area contributed by atoms with Crippen LogP contribution in [0.15, 0.2) is 0 Å². The number of hydrogen-bond donors (Lipinski definition) is 1. The Morgan fingerprint density at radius 3 is 2.21 bits per heavy atom. The molecule has 1 heteroatoms. The van der Waals surface area contributed by atoms with Gasteiger partial charge in [0.05, 0.1) is 0 Å². The lowest BCUT2D eigenvalue weighted by molar-refractivity contribution is 0.0940. The molecule has 0 aliphatic heterocycles. The van der Waals surface area contributed by atoms with Gasteiger partial charge in [-0.15, -0.1) is 0 Å². The van der Waals surface area contributed by atoms with E-state index in [-0.39, 0.29) is 0 Å². The van der Waals surface area contributed by atoms with Gasteiger partial charge >= 0.3 is 0 Å². The molecule has 2 aliphatic carbocycles. The number of rotatable bonds is 6. The molecule has 0 spiro atoms. The summed E-state index contributed by atoms with van der Waals surface area (Å²) in [6.45, 7) is 5.90. The van der Waals surface area contributed by atoms with E-state index in [0.717, 1.165) is 17.4 Å². The molecule has 0 amide bonds. The quantitative estimate of drug-likeness (QED) is 0.685. The van der Waals surface area contributed by atoms with E-state index < -0.39 is 0 Å². The molecule has 0 saturated heterocycles. The van der Waals surface area contributed by atoms with Crippen LogP contribution in [0.3, 0.4) is 0 Å². The fourth-order valence-corrected chi connectivity index (χ4v) is 2.98. The first-order valence-corrected chi connectivity index (χ1v) is 6.54. The summed E-state index contributed by atoms with van der Waals surface area (Å²) in [6.07, 6.45) is 10.1. The average Bonchev–Trinajstić information content (AvgIpc) is 2.94. The molecule has 0 aromatic heterocycles. The van der Waals surface area contributed by atoms with Crippen molar-refractivity contribution in [1.29, 1.82) is 0 Å². The van der Waals surface area contributed by atoms with Gasteiger partial charge in [0.15, 0.2) is 0 Å². The van der Waals surface area contributed by atoms with Gasteiger partial charge in [0.2, 0.25) is 0 Å². The lowest BCUT2D eigenvalue weighted by atomic mass is 9.65. The molecule has 2 rings (SSSR count). The second kappa shape index (κ2) is 4.22. The molecule has 0 aromatic rings. The molecule has 0 unspecified atom stereocenters. The third kappa shape index (κ3) is 1.98. The summed E-state index contributed by atoms with van der Waals surface area (Å²) in [4.78, 5) is 0. The summed E-state index contributed by atoms with van der Waals surface area (Å²) in [7, 11) is 0. The number of nitrogens with one attached hydrogen (secondary N) is 1. The average molecular weight is 195 g/mol. The summed E-state index contributed by atoms with van der Waals surface area (Å²) in [5, 5.41) is 3.78. The standard InChI is InChI=1S/C13H25N/c1-3-12(4-2)14-10-13(8-5-9-13)11-6-7-11/h11-12,14H,3-10H2,1-2H3. The van der Waals surface area contributed by atoms with Gasteiger partial charge in [-0.25, -0.2) is 0 Å². The van der Waals surface area contributed by atoms with Crippen molar-refractivity contribution in [3.05, 3.63) is 0 Å². The fourth-order valence-electron chi connectivity index (χ4n) is 2.98. The normalized spacial score (nSPS) is 25.1. The highest BCUT2D eigenvalue weighted by Gasteiger charge is 2.48. The molecule has 2 fully saturated rings. The van der Waals surface area contributed by atoms with Crippen molar-refractivity contribution in [2.75, 3.05) is 6.54 Å². The second-order valence-electron chi connectivity index (χ2n) is 5.38. The molecule has 14 heavy (non-hydrogen) atoms. The van der Waals surface area contributed by atoms with Crippen LogP contribution in [0.25, 0.3) is 0 Å². The highest BCUT2D eigenvalue weighted by Crippen LogP contribution is 2.56. The molecule has 0 radical (unpaired) electrons. The highest BCUT2D eigenvalue weighted by molar-refractivity contribution is 5.00. The molecule has 2 saturated carbocycles. The van der Waals surface area contributed by atoms with Gasteiger partial charge < -0.3 is 5.32 Å². The van der Waals surface area contributed by atoms with Gasteiger partial charge in [-0.05, 0) is 49.9 Å². The predicted molar refractivity (Wildman–Crippen MR) is 61.4 cm³/mol. The van der Waals surface area contributed by atoms with Crippen LogP contribution in [0, 0.1) is 11.3 Å². The van der Waals surface area contributed by atoms with E-state index >= 15 is 0 Å². The van der Waals surface area contributed by atoms with Crippen LogP contribution < -0.4 is 5.32 Å². The summed E-state index contributed by atoms with van der Waals surface area (Å²) in [5.74, 6) is 1.10. The minimum Gasteiger partial charge on any atom is -0.313 e. The molecular weight excluding hydrogens is 170 g/mol. The summed E-state index contributed by atoms with van der Waals surface area (Å²) in [6, 6.07) is 0.770. The van der Waals surface area contributed by atoms with Crippen molar-refractivity contribution in [3.8, 4) is 0 Å². The van der Waals surface area contributed by atoms with E-state index in [1.807, 2.05) is 0 Å². The van der Waals surface area contributed by atoms with E-state index in [1.54, 1.807) is 0 Å². The lowest BCUT2D eigenvalue weighted by Gasteiger charge is -2.43. The van der Waals surface area contributed by atoms with Crippen LogP contribution in [-0.4, -0.2) is 12.6 Å². The number of hydrogen-bond acceptors (Lipinski definition) is 1. The van der Waals surface area contributed by atoms with Gasteiger partial charge in [0.1, 0.15) is 0 Å². The van der Waals surface area contributed by atoms with Crippen molar-refractivity contribution in [1.82, 2.24) is 5.32 Å². The Kier molecular flexibility index (Phi) is 3.16. The zero-order chi connectivity index (χ0) is 10.0. The first kappa shape index (κ1) is 10.5. The molecule has 1 nitrogen and oxygen atoms in total. The first-order chi connectivity index (χ1) is 6.80. The van der Waals surface area contributed by atoms with E-state index in [2.05, 4.69) is 19.2 Å². The van der Waals surface area contributed by atoms with Crippen molar-refractivity contribution in [2.45, 2.75) is 64.8 Å². The van der Waals surface area contributed by atoms with E-state index in [9.17, 15) is 0 Å². The molecular formula is C13H25N.